The fourth-order valence-electron chi connectivity index (χ4n) is 1.95. The molecule has 106 valence electrons. The van der Waals surface area contributed by atoms with Crippen LogP contribution in [0.1, 0.15) is 46.5 Å². The molecule has 0 aromatic rings. The molecule has 1 N–H and O–H groups in total. The summed E-state index contributed by atoms with van der Waals surface area (Å²) < 4.78 is 4.95. The Morgan fingerprint density at radius 3 is 2.33 bits per heavy atom. The van der Waals surface area contributed by atoms with Crippen LogP contribution in [0.15, 0.2) is 0 Å². The molecule has 0 fully saturated rings. The molecule has 4 nitrogen and oxygen atoms in total. The highest BCUT2D eigenvalue weighted by molar-refractivity contribution is 7.99. The van der Waals surface area contributed by atoms with Crippen molar-refractivity contribution in [3.63, 3.8) is 0 Å². The van der Waals surface area contributed by atoms with Crippen molar-refractivity contribution in [3.05, 3.63) is 0 Å². The summed E-state index contributed by atoms with van der Waals surface area (Å²) in [4.78, 5) is 23.4. The van der Waals surface area contributed by atoms with E-state index in [9.17, 15) is 14.7 Å². The average molecular weight is 276 g/mol. The van der Waals surface area contributed by atoms with Crippen LogP contribution in [0.5, 0.6) is 0 Å². The lowest BCUT2D eigenvalue weighted by molar-refractivity contribution is -0.170. The molecule has 0 radical (unpaired) electrons. The van der Waals surface area contributed by atoms with Gasteiger partial charge in [-0.3, -0.25) is 9.59 Å². The number of ether oxygens (including phenoxy) is 1. The molecule has 0 aliphatic heterocycles. The number of aliphatic carboxylic acids is 1. The van der Waals surface area contributed by atoms with Crippen LogP contribution in [0.2, 0.25) is 0 Å². The first kappa shape index (κ1) is 17.3. The topological polar surface area (TPSA) is 63.6 Å². The molecule has 0 aliphatic carbocycles. The summed E-state index contributed by atoms with van der Waals surface area (Å²) in [7, 11) is 0. The molecule has 0 heterocycles. The summed E-state index contributed by atoms with van der Waals surface area (Å²) in [6.45, 7) is 5.87. The maximum absolute atomic E-state index is 12.0. The molecule has 0 spiro atoms. The van der Waals surface area contributed by atoms with Crippen molar-refractivity contribution in [1.29, 1.82) is 0 Å². The molecule has 0 saturated heterocycles. The van der Waals surface area contributed by atoms with E-state index in [0.29, 0.717) is 19.3 Å². The van der Waals surface area contributed by atoms with Crippen LogP contribution in [0.25, 0.3) is 0 Å². The lowest BCUT2D eigenvalue weighted by atomic mass is 9.79. The normalized spacial score (nSPS) is 13.9. The van der Waals surface area contributed by atoms with E-state index in [4.69, 9.17) is 4.74 Å². The number of carbonyl (C=O) groups is 2. The van der Waals surface area contributed by atoms with Gasteiger partial charge in [-0.2, -0.15) is 11.8 Å². The van der Waals surface area contributed by atoms with Gasteiger partial charge in [0.25, 0.3) is 0 Å². The van der Waals surface area contributed by atoms with Gasteiger partial charge in [-0.1, -0.05) is 20.3 Å². The highest BCUT2D eigenvalue weighted by atomic mass is 32.2. The fraction of sp³-hybridized carbons (Fsp3) is 0.846. The number of carboxylic acid groups (broad SMARTS) is 1. The van der Waals surface area contributed by atoms with Gasteiger partial charge >= 0.3 is 11.9 Å². The highest BCUT2D eigenvalue weighted by Gasteiger charge is 2.46. The van der Waals surface area contributed by atoms with Crippen molar-refractivity contribution >= 4 is 23.7 Å². The van der Waals surface area contributed by atoms with Gasteiger partial charge in [0.05, 0.1) is 6.61 Å². The Morgan fingerprint density at radius 1 is 1.22 bits per heavy atom. The summed E-state index contributed by atoms with van der Waals surface area (Å²) >= 11 is 1.76. The monoisotopic (exact) mass is 276 g/mol. The summed E-state index contributed by atoms with van der Waals surface area (Å²) in [5, 5.41) is 9.40. The third-order valence-electron chi connectivity index (χ3n) is 2.85. The molecule has 5 heteroatoms. The van der Waals surface area contributed by atoms with Gasteiger partial charge in [0.2, 0.25) is 0 Å². The number of rotatable bonds is 10. The van der Waals surface area contributed by atoms with Crippen molar-refractivity contribution in [2.45, 2.75) is 46.5 Å². The third kappa shape index (κ3) is 4.88. The minimum absolute atomic E-state index is 0.223. The molecule has 18 heavy (non-hydrogen) atoms. The van der Waals surface area contributed by atoms with E-state index >= 15 is 0 Å². The lowest BCUT2D eigenvalue weighted by Gasteiger charge is -2.26. The summed E-state index contributed by atoms with van der Waals surface area (Å²) in [6, 6.07) is 0. The Labute approximate surface area is 113 Å². The Hall–Kier alpha value is -0.710. The zero-order valence-electron chi connectivity index (χ0n) is 11.5. The number of carboxylic acids is 1. The van der Waals surface area contributed by atoms with E-state index in [-0.39, 0.29) is 6.61 Å². The van der Waals surface area contributed by atoms with E-state index in [0.717, 1.165) is 17.9 Å². The van der Waals surface area contributed by atoms with Crippen molar-refractivity contribution in [2.75, 3.05) is 18.1 Å². The Morgan fingerprint density at radius 2 is 1.89 bits per heavy atom. The number of thioether (sulfide) groups is 1. The van der Waals surface area contributed by atoms with Gasteiger partial charge in [-0.05, 0) is 37.7 Å². The fourth-order valence-corrected chi connectivity index (χ4v) is 2.58. The molecule has 0 rings (SSSR count). The van der Waals surface area contributed by atoms with Crippen LogP contribution in [0.4, 0.5) is 0 Å². The molecule has 0 aromatic carbocycles. The maximum Gasteiger partial charge on any atom is 0.323 e. The highest BCUT2D eigenvalue weighted by Crippen LogP contribution is 2.32. The summed E-state index contributed by atoms with van der Waals surface area (Å²) in [5.74, 6) is 0.257. The van der Waals surface area contributed by atoms with Crippen LogP contribution in [0, 0.1) is 5.41 Å². The van der Waals surface area contributed by atoms with Gasteiger partial charge in [0.15, 0.2) is 5.41 Å². The Bertz CT molecular complexity index is 268. The predicted molar refractivity (Wildman–Crippen MR) is 73.8 cm³/mol. The summed E-state index contributed by atoms with van der Waals surface area (Å²) in [6.07, 6.45) is 2.09. The van der Waals surface area contributed by atoms with Crippen molar-refractivity contribution < 1.29 is 19.4 Å². The molecule has 0 aliphatic rings. The smallest absolute Gasteiger partial charge is 0.323 e. The average Bonchev–Trinajstić information content (AvgIpc) is 2.33. The predicted octanol–water partition coefficient (Wildman–Crippen LogP) is 2.95. The van der Waals surface area contributed by atoms with Gasteiger partial charge in [0.1, 0.15) is 0 Å². The standard InChI is InChI=1S/C13H24O4S/c1-4-8-13(11(14)15,12(16)17-5-2)9-7-10-18-6-3/h4-10H2,1-3H3,(H,14,15). The molecular weight excluding hydrogens is 252 g/mol. The van der Waals surface area contributed by atoms with Crippen molar-refractivity contribution in [2.24, 2.45) is 5.41 Å². The molecule has 0 bridgehead atoms. The first-order valence-electron chi connectivity index (χ1n) is 6.53. The lowest BCUT2D eigenvalue weighted by Crippen LogP contribution is -2.41. The van der Waals surface area contributed by atoms with E-state index in [1.165, 1.54) is 0 Å². The van der Waals surface area contributed by atoms with Crippen molar-refractivity contribution in [3.8, 4) is 0 Å². The number of carbonyl (C=O) groups excluding carboxylic acids is 1. The first-order valence-corrected chi connectivity index (χ1v) is 7.69. The SMILES string of the molecule is CCCC(CCCSCC)(C(=O)O)C(=O)OCC. The van der Waals surface area contributed by atoms with E-state index < -0.39 is 17.4 Å². The summed E-state index contributed by atoms with van der Waals surface area (Å²) in [5.41, 5.74) is -1.35. The Kier molecular flexibility index (Phi) is 8.89. The second-order valence-corrected chi connectivity index (χ2v) is 5.55. The number of esters is 1. The molecule has 1 unspecified atom stereocenters. The van der Waals surface area contributed by atoms with Gasteiger partial charge in [0, 0.05) is 0 Å². The van der Waals surface area contributed by atoms with Crippen LogP contribution in [-0.2, 0) is 14.3 Å². The van der Waals surface area contributed by atoms with Gasteiger partial charge in [-0.25, -0.2) is 0 Å². The van der Waals surface area contributed by atoms with Gasteiger partial charge in [-0.15, -0.1) is 0 Å². The molecular formula is C13H24O4S. The second kappa shape index (κ2) is 9.25. The number of hydrogen-bond acceptors (Lipinski definition) is 4. The number of hydrogen-bond donors (Lipinski definition) is 1. The minimum atomic E-state index is -1.35. The maximum atomic E-state index is 12.0. The Balaban J connectivity index is 4.74. The largest absolute Gasteiger partial charge is 0.480 e. The third-order valence-corrected chi connectivity index (χ3v) is 3.83. The molecule has 1 atom stereocenters. The molecule has 0 aromatic heterocycles. The molecule has 0 saturated carbocycles. The van der Waals surface area contributed by atoms with Crippen LogP contribution in [0.3, 0.4) is 0 Å². The second-order valence-electron chi connectivity index (χ2n) is 4.16. The van der Waals surface area contributed by atoms with Crippen molar-refractivity contribution in [1.82, 2.24) is 0 Å². The molecule has 0 amide bonds. The van der Waals surface area contributed by atoms with Crippen LogP contribution >= 0.6 is 11.8 Å². The zero-order chi connectivity index (χ0) is 14.0. The van der Waals surface area contributed by atoms with Crippen LogP contribution < -0.4 is 0 Å². The van der Waals surface area contributed by atoms with E-state index in [1.54, 1.807) is 18.7 Å². The van der Waals surface area contributed by atoms with E-state index in [1.807, 2.05) is 6.92 Å². The van der Waals surface area contributed by atoms with Gasteiger partial charge < -0.3 is 9.84 Å². The first-order chi connectivity index (χ1) is 8.55. The van der Waals surface area contributed by atoms with E-state index in [2.05, 4.69) is 6.92 Å². The minimum Gasteiger partial charge on any atom is -0.480 e. The quantitative estimate of drug-likeness (QED) is 0.377. The van der Waals surface area contributed by atoms with Crippen LogP contribution in [-0.4, -0.2) is 35.2 Å². The zero-order valence-corrected chi connectivity index (χ0v) is 12.3.